The van der Waals surface area contributed by atoms with E-state index < -0.39 is 5.60 Å². The summed E-state index contributed by atoms with van der Waals surface area (Å²) in [7, 11) is 0. The number of oxazole rings is 1. The van der Waals surface area contributed by atoms with Crippen molar-refractivity contribution < 1.29 is 9.52 Å². The zero-order valence-corrected chi connectivity index (χ0v) is 11.0. The maximum absolute atomic E-state index is 9.93. The lowest BCUT2D eigenvalue weighted by Gasteiger charge is -2.17. The summed E-state index contributed by atoms with van der Waals surface area (Å²) in [6.45, 7) is 4.09. The first-order valence-electron chi connectivity index (χ1n) is 6.57. The van der Waals surface area contributed by atoms with E-state index in [1.807, 2.05) is 37.3 Å². The van der Waals surface area contributed by atoms with Crippen LogP contribution < -0.4 is 0 Å². The highest BCUT2D eigenvalue weighted by Gasteiger charge is 2.31. The summed E-state index contributed by atoms with van der Waals surface area (Å²) in [5.74, 6) is 1.50. The number of β-amino-alcohol motifs (C(OH)–C–C–N with tert-alkyl or cyclic N) is 1. The third-order valence-electron chi connectivity index (χ3n) is 3.50. The van der Waals surface area contributed by atoms with E-state index in [0.29, 0.717) is 19.0 Å². The van der Waals surface area contributed by atoms with Crippen LogP contribution in [0.15, 0.2) is 40.9 Å². The van der Waals surface area contributed by atoms with Crippen molar-refractivity contribution in [3.8, 4) is 11.3 Å². The van der Waals surface area contributed by atoms with Gasteiger partial charge in [-0.05, 0) is 13.3 Å². The first-order valence-corrected chi connectivity index (χ1v) is 6.57. The lowest BCUT2D eigenvalue weighted by atomic mass is 10.1. The summed E-state index contributed by atoms with van der Waals surface area (Å²) in [4.78, 5) is 6.48. The molecule has 3 rings (SSSR count). The molecule has 2 aromatic rings. The minimum Gasteiger partial charge on any atom is -0.439 e. The van der Waals surface area contributed by atoms with Crippen LogP contribution in [0.5, 0.6) is 0 Å². The molecule has 1 aliphatic rings. The predicted molar refractivity (Wildman–Crippen MR) is 72.5 cm³/mol. The lowest BCUT2D eigenvalue weighted by Crippen LogP contribution is -2.29. The van der Waals surface area contributed by atoms with E-state index in [1.165, 1.54) is 0 Å². The monoisotopic (exact) mass is 258 g/mol. The van der Waals surface area contributed by atoms with Crippen LogP contribution in [0.1, 0.15) is 19.2 Å². The van der Waals surface area contributed by atoms with Crippen LogP contribution in [-0.2, 0) is 6.54 Å². The molecule has 1 N–H and O–H groups in total. The van der Waals surface area contributed by atoms with Crippen molar-refractivity contribution in [2.75, 3.05) is 13.1 Å². The summed E-state index contributed by atoms with van der Waals surface area (Å²) in [5, 5.41) is 9.93. The molecule has 0 amide bonds. The van der Waals surface area contributed by atoms with Gasteiger partial charge in [-0.1, -0.05) is 30.3 Å². The second-order valence-corrected chi connectivity index (χ2v) is 5.44. The third kappa shape index (κ3) is 2.85. The number of benzene rings is 1. The molecule has 4 nitrogen and oxygen atoms in total. The summed E-state index contributed by atoms with van der Waals surface area (Å²) in [6.07, 6.45) is 2.57. The minimum absolute atomic E-state index is 0.575. The van der Waals surface area contributed by atoms with Gasteiger partial charge in [-0.25, -0.2) is 4.98 Å². The molecular weight excluding hydrogens is 240 g/mol. The molecule has 4 heteroatoms. The molecule has 19 heavy (non-hydrogen) atoms. The molecule has 1 fully saturated rings. The molecule has 1 atom stereocenters. The van der Waals surface area contributed by atoms with E-state index in [-0.39, 0.29) is 0 Å². The molecule has 1 saturated heterocycles. The molecule has 0 spiro atoms. The van der Waals surface area contributed by atoms with Crippen LogP contribution in [0.2, 0.25) is 0 Å². The van der Waals surface area contributed by atoms with E-state index in [2.05, 4.69) is 9.88 Å². The van der Waals surface area contributed by atoms with Crippen LogP contribution in [0.3, 0.4) is 0 Å². The highest BCUT2D eigenvalue weighted by molar-refractivity contribution is 5.55. The topological polar surface area (TPSA) is 49.5 Å². The molecule has 1 aromatic carbocycles. The number of aromatic nitrogens is 1. The number of likely N-dealkylation sites (tertiary alicyclic amines) is 1. The fourth-order valence-electron chi connectivity index (χ4n) is 2.48. The Balaban J connectivity index is 1.69. The van der Waals surface area contributed by atoms with Crippen molar-refractivity contribution in [2.24, 2.45) is 0 Å². The lowest BCUT2D eigenvalue weighted by molar-refractivity contribution is 0.0668. The van der Waals surface area contributed by atoms with Gasteiger partial charge in [0, 0.05) is 18.7 Å². The van der Waals surface area contributed by atoms with Crippen LogP contribution in [0.4, 0.5) is 0 Å². The van der Waals surface area contributed by atoms with Gasteiger partial charge in [-0.15, -0.1) is 0 Å². The second kappa shape index (κ2) is 4.79. The maximum Gasteiger partial charge on any atom is 0.209 e. The highest BCUT2D eigenvalue weighted by Crippen LogP contribution is 2.24. The van der Waals surface area contributed by atoms with Crippen LogP contribution >= 0.6 is 0 Å². The van der Waals surface area contributed by atoms with Crippen molar-refractivity contribution in [3.05, 3.63) is 42.4 Å². The van der Waals surface area contributed by atoms with Crippen LogP contribution in [-0.4, -0.2) is 33.7 Å². The Morgan fingerprint density at radius 3 is 2.84 bits per heavy atom. The fourth-order valence-corrected chi connectivity index (χ4v) is 2.48. The molecule has 0 aliphatic carbocycles. The molecule has 0 bridgehead atoms. The molecule has 0 radical (unpaired) electrons. The van der Waals surface area contributed by atoms with E-state index >= 15 is 0 Å². The average molecular weight is 258 g/mol. The molecular formula is C15H18N2O2. The van der Waals surface area contributed by atoms with Crippen LogP contribution in [0, 0.1) is 0 Å². The molecule has 100 valence electrons. The quantitative estimate of drug-likeness (QED) is 0.917. The maximum atomic E-state index is 9.93. The standard InChI is InChI=1S/C15H18N2O2/c1-15(18)7-8-17(11-15)10-14-16-9-13(19-14)12-5-3-2-4-6-12/h2-6,9,18H,7-8,10-11H2,1H3. The summed E-state index contributed by atoms with van der Waals surface area (Å²) in [6, 6.07) is 9.95. The first kappa shape index (κ1) is 12.4. The summed E-state index contributed by atoms with van der Waals surface area (Å²) in [5.41, 5.74) is 0.462. The van der Waals surface area contributed by atoms with Crippen molar-refractivity contribution in [1.82, 2.24) is 9.88 Å². The van der Waals surface area contributed by atoms with Crippen molar-refractivity contribution >= 4 is 0 Å². The van der Waals surface area contributed by atoms with E-state index in [0.717, 1.165) is 24.3 Å². The molecule has 1 unspecified atom stereocenters. The Hall–Kier alpha value is -1.65. The summed E-state index contributed by atoms with van der Waals surface area (Å²) < 4.78 is 5.77. The smallest absolute Gasteiger partial charge is 0.209 e. The number of hydrogen-bond acceptors (Lipinski definition) is 4. The van der Waals surface area contributed by atoms with Gasteiger partial charge >= 0.3 is 0 Å². The number of aliphatic hydroxyl groups is 1. The van der Waals surface area contributed by atoms with Gasteiger partial charge in [-0.2, -0.15) is 0 Å². The van der Waals surface area contributed by atoms with Gasteiger partial charge in [0.15, 0.2) is 5.76 Å². The van der Waals surface area contributed by atoms with Gasteiger partial charge in [0.2, 0.25) is 5.89 Å². The van der Waals surface area contributed by atoms with Gasteiger partial charge in [0.05, 0.1) is 18.3 Å². The molecule has 2 heterocycles. The van der Waals surface area contributed by atoms with Crippen molar-refractivity contribution in [1.29, 1.82) is 0 Å². The highest BCUT2D eigenvalue weighted by atomic mass is 16.4. The molecule has 0 saturated carbocycles. The number of rotatable bonds is 3. The second-order valence-electron chi connectivity index (χ2n) is 5.44. The van der Waals surface area contributed by atoms with E-state index in [1.54, 1.807) is 6.20 Å². The summed E-state index contributed by atoms with van der Waals surface area (Å²) >= 11 is 0. The average Bonchev–Trinajstić information content (AvgIpc) is 2.98. The van der Waals surface area contributed by atoms with Gasteiger partial charge in [0.1, 0.15) is 0 Å². The van der Waals surface area contributed by atoms with E-state index in [4.69, 9.17) is 4.42 Å². The van der Waals surface area contributed by atoms with E-state index in [9.17, 15) is 5.11 Å². The Morgan fingerprint density at radius 1 is 1.37 bits per heavy atom. The number of hydrogen-bond donors (Lipinski definition) is 1. The zero-order chi connectivity index (χ0) is 13.3. The normalized spacial score (nSPS) is 23.9. The fraction of sp³-hybridized carbons (Fsp3) is 0.400. The van der Waals surface area contributed by atoms with Gasteiger partial charge < -0.3 is 9.52 Å². The third-order valence-corrected chi connectivity index (χ3v) is 3.50. The predicted octanol–water partition coefficient (Wildman–Crippen LogP) is 2.30. The minimum atomic E-state index is -0.575. The Bertz CT molecular complexity index is 548. The Labute approximate surface area is 112 Å². The molecule has 1 aliphatic heterocycles. The van der Waals surface area contributed by atoms with Crippen molar-refractivity contribution in [2.45, 2.75) is 25.5 Å². The zero-order valence-electron chi connectivity index (χ0n) is 11.0. The Kier molecular flexibility index (Phi) is 3.12. The van der Waals surface area contributed by atoms with Gasteiger partial charge in [0.25, 0.3) is 0 Å². The number of nitrogens with zero attached hydrogens (tertiary/aromatic N) is 2. The van der Waals surface area contributed by atoms with Crippen LogP contribution in [0.25, 0.3) is 11.3 Å². The SMILES string of the molecule is CC1(O)CCN(Cc2ncc(-c3ccccc3)o2)C1. The van der Waals surface area contributed by atoms with Gasteiger partial charge in [-0.3, -0.25) is 4.90 Å². The first-order chi connectivity index (χ1) is 9.12. The largest absolute Gasteiger partial charge is 0.439 e. The molecule has 1 aromatic heterocycles. The Morgan fingerprint density at radius 2 is 2.16 bits per heavy atom. The van der Waals surface area contributed by atoms with Crippen molar-refractivity contribution in [3.63, 3.8) is 0 Å².